The standard InChI is InChI=1S/C11H11BrN2O2S2/c1-6-7(12)4-10(17-6)8-5-9(11(15)16-3)14(2)18-13-8/h4-5H,1-3H3. The van der Waals surface area contributed by atoms with Gasteiger partial charge in [-0.25, -0.2) is 4.79 Å². The monoisotopic (exact) mass is 346 g/mol. The number of allylic oxidation sites excluding steroid dienone is 1. The minimum absolute atomic E-state index is 0.357. The van der Waals surface area contributed by atoms with Gasteiger partial charge in [-0.1, -0.05) is 0 Å². The van der Waals surface area contributed by atoms with Gasteiger partial charge < -0.3 is 4.74 Å². The van der Waals surface area contributed by atoms with Crippen molar-refractivity contribution in [1.29, 1.82) is 0 Å². The van der Waals surface area contributed by atoms with Gasteiger partial charge in [0.05, 0.1) is 29.8 Å². The van der Waals surface area contributed by atoms with Crippen LogP contribution in [0.4, 0.5) is 0 Å². The molecule has 1 aliphatic heterocycles. The van der Waals surface area contributed by atoms with E-state index in [1.54, 1.807) is 28.8 Å². The van der Waals surface area contributed by atoms with Gasteiger partial charge in [0.2, 0.25) is 0 Å². The maximum absolute atomic E-state index is 11.6. The average Bonchev–Trinajstić information content (AvgIpc) is 2.69. The Hall–Kier alpha value is -0.790. The molecular weight excluding hydrogens is 336 g/mol. The molecule has 96 valence electrons. The summed E-state index contributed by atoms with van der Waals surface area (Å²) in [6.07, 6.45) is 1.75. The molecule has 0 saturated heterocycles. The number of esters is 1. The molecule has 0 aromatic carbocycles. The predicted molar refractivity (Wildman–Crippen MR) is 78.7 cm³/mol. The van der Waals surface area contributed by atoms with Gasteiger partial charge in [-0.3, -0.25) is 4.31 Å². The summed E-state index contributed by atoms with van der Waals surface area (Å²) in [6, 6.07) is 2.01. The topological polar surface area (TPSA) is 41.9 Å². The molecule has 0 aliphatic carbocycles. The lowest BCUT2D eigenvalue weighted by atomic mass is 10.2. The summed E-state index contributed by atoms with van der Waals surface area (Å²) in [5.74, 6) is -0.357. The zero-order chi connectivity index (χ0) is 13.3. The molecule has 0 atom stereocenters. The number of halogens is 1. The molecule has 1 aliphatic rings. The number of methoxy groups -OCH3 is 1. The van der Waals surface area contributed by atoms with Crippen LogP contribution in [0.25, 0.3) is 0 Å². The highest BCUT2D eigenvalue weighted by atomic mass is 79.9. The molecule has 0 saturated carbocycles. The Morgan fingerprint density at radius 1 is 1.56 bits per heavy atom. The van der Waals surface area contributed by atoms with E-state index in [0.29, 0.717) is 5.70 Å². The summed E-state index contributed by atoms with van der Waals surface area (Å²) in [4.78, 5) is 13.8. The van der Waals surface area contributed by atoms with Gasteiger partial charge >= 0.3 is 5.97 Å². The summed E-state index contributed by atoms with van der Waals surface area (Å²) in [6.45, 7) is 2.03. The van der Waals surface area contributed by atoms with E-state index in [9.17, 15) is 4.79 Å². The number of rotatable bonds is 2. The minimum atomic E-state index is -0.357. The van der Waals surface area contributed by atoms with Crippen molar-refractivity contribution in [2.24, 2.45) is 4.40 Å². The number of likely N-dealkylation sites (N-methyl/N-ethyl adjacent to an activating group) is 1. The van der Waals surface area contributed by atoms with Crippen LogP contribution in [0.5, 0.6) is 0 Å². The van der Waals surface area contributed by atoms with Crippen LogP contribution in [0.3, 0.4) is 0 Å². The van der Waals surface area contributed by atoms with Crippen molar-refractivity contribution in [1.82, 2.24) is 4.31 Å². The molecule has 1 aromatic heterocycles. The van der Waals surface area contributed by atoms with Crippen LogP contribution in [0.15, 0.2) is 26.7 Å². The second-order valence-electron chi connectivity index (χ2n) is 3.59. The second kappa shape index (κ2) is 5.46. The van der Waals surface area contributed by atoms with Crippen LogP contribution < -0.4 is 0 Å². The molecular formula is C11H11BrN2O2S2. The van der Waals surface area contributed by atoms with Crippen molar-refractivity contribution in [3.05, 3.63) is 32.1 Å². The third kappa shape index (κ3) is 2.62. The fraction of sp³-hybridized carbons (Fsp3) is 0.273. The first-order valence-electron chi connectivity index (χ1n) is 5.08. The fourth-order valence-electron chi connectivity index (χ4n) is 1.39. The summed E-state index contributed by atoms with van der Waals surface area (Å²) < 4.78 is 11.9. The SMILES string of the molecule is COC(=O)C1=CC(c2cc(Br)c(C)s2)=NSN1C. The zero-order valence-corrected chi connectivity index (χ0v) is 13.3. The maximum atomic E-state index is 11.6. The number of carbonyl (C=O) groups excluding carboxylic acids is 1. The van der Waals surface area contributed by atoms with Gasteiger partial charge in [-0.05, 0) is 35.0 Å². The molecule has 0 fully saturated rings. The molecule has 0 spiro atoms. The number of nitrogens with zero attached hydrogens (tertiary/aromatic N) is 2. The number of aryl methyl sites for hydroxylation is 1. The van der Waals surface area contributed by atoms with E-state index < -0.39 is 0 Å². The predicted octanol–water partition coefficient (Wildman–Crippen LogP) is 3.17. The molecule has 1 aromatic rings. The van der Waals surface area contributed by atoms with Crippen molar-refractivity contribution >= 4 is 51.1 Å². The second-order valence-corrected chi connectivity index (χ2v) is 6.60. The Balaban J connectivity index is 2.35. The number of hydrogen-bond donors (Lipinski definition) is 0. The maximum Gasteiger partial charge on any atom is 0.355 e. The van der Waals surface area contributed by atoms with Crippen molar-refractivity contribution in [2.45, 2.75) is 6.92 Å². The van der Waals surface area contributed by atoms with Crippen LogP contribution in [0.2, 0.25) is 0 Å². The Labute approximate surface area is 122 Å². The molecule has 2 rings (SSSR count). The molecule has 0 unspecified atom stereocenters. The quantitative estimate of drug-likeness (QED) is 0.609. The number of carbonyl (C=O) groups is 1. The van der Waals surface area contributed by atoms with Crippen LogP contribution in [-0.4, -0.2) is 30.1 Å². The third-order valence-electron chi connectivity index (χ3n) is 2.38. The van der Waals surface area contributed by atoms with E-state index in [1.807, 2.05) is 13.0 Å². The molecule has 2 heterocycles. The minimum Gasteiger partial charge on any atom is -0.464 e. The largest absolute Gasteiger partial charge is 0.464 e. The highest BCUT2D eigenvalue weighted by Gasteiger charge is 2.22. The first kappa shape index (κ1) is 13.6. The van der Waals surface area contributed by atoms with Gasteiger partial charge in [0, 0.05) is 16.4 Å². The lowest BCUT2D eigenvalue weighted by Gasteiger charge is -2.20. The average molecular weight is 347 g/mol. The third-order valence-corrected chi connectivity index (χ3v) is 5.26. The van der Waals surface area contributed by atoms with E-state index in [4.69, 9.17) is 4.74 Å². The molecule has 0 N–H and O–H groups in total. The highest BCUT2D eigenvalue weighted by Crippen LogP contribution is 2.31. The van der Waals surface area contributed by atoms with Crippen LogP contribution in [0.1, 0.15) is 9.75 Å². The molecule has 4 nitrogen and oxygen atoms in total. The van der Waals surface area contributed by atoms with Gasteiger partial charge in [-0.15, -0.1) is 11.3 Å². The van der Waals surface area contributed by atoms with Crippen molar-refractivity contribution in [3.8, 4) is 0 Å². The van der Waals surface area contributed by atoms with Crippen LogP contribution >= 0.6 is 39.4 Å². The molecule has 18 heavy (non-hydrogen) atoms. The Bertz CT molecular complexity index is 532. The number of thiophene rings is 1. The number of hydrogen-bond acceptors (Lipinski definition) is 6. The highest BCUT2D eigenvalue weighted by molar-refractivity contribution is 9.10. The molecule has 0 radical (unpaired) electrons. The molecule has 7 heteroatoms. The van der Waals surface area contributed by atoms with Gasteiger partial charge in [-0.2, -0.15) is 4.40 Å². The van der Waals surface area contributed by atoms with Crippen LogP contribution in [0, 0.1) is 6.92 Å². The van der Waals surface area contributed by atoms with E-state index in [1.165, 1.54) is 24.1 Å². The van der Waals surface area contributed by atoms with Gasteiger partial charge in [0.15, 0.2) is 0 Å². The van der Waals surface area contributed by atoms with Gasteiger partial charge in [0.25, 0.3) is 0 Å². The molecule has 0 amide bonds. The van der Waals surface area contributed by atoms with Crippen LogP contribution in [-0.2, 0) is 9.53 Å². The lowest BCUT2D eigenvalue weighted by molar-refractivity contribution is -0.137. The zero-order valence-electron chi connectivity index (χ0n) is 10.1. The Morgan fingerprint density at radius 2 is 2.28 bits per heavy atom. The first-order valence-corrected chi connectivity index (χ1v) is 7.42. The van der Waals surface area contributed by atoms with Crippen molar-refractivity contribution in [2.75, 3.05) is 14.2 Å². The number of ether oxygens (including phenoxy) is 1. The van der Waals surface area contributed by atoms with E-state index >= 15 is 0 Å². The lowest BCUT2D eigenvalue weighted by Crippen LogP contribution is -2.22. The van der Waals surface area contributed by atoms with Crippen molar-refractivity contribution < 1.29 is 9.53 Å². The Morgan fingerprint density at radius 3 is 2.83 bits per heavy atom. The normalized spacial score (nSPS) is 15.2. The van der Waals surface area contributed by atoms with E-state index in [2.05, 4.69) is 20.3 Å². The van der Waals surface area contributed by atoms with E-state index in [0.717, 1.165) is 15.1 Å². The summed E-state index contributed by atoms with van der Waals surface area (Å²) in [7, 11) is 3.16. The summed E-state index contributed by atoms with van der Waals surface area (Å²) in [5.41, 5.74) is 1.28. The first-order chi connectivity index (χ1) is 8.52. The fourth-order valence-corrected chi connectivity index (χ4v) is 3.52. The Kier molecular flexibility index (Phi) is 4.14. The van der Waals surface area contributed by atoms with Gasteiger partial charge in [0.1, 0.15) is 5.70 Å². The smallest absolute Gasteiger partial charge is 0.355 e. The van der Waals surface area contributed by atoms with Crippen molar-refractivity contribution in [3.63, 3.8) is 0 Å². The summed E-state index contributed by atoms with van der Waals surface area (Å²) in [5, 5.41) is 0. The van der Waals surface area contributed by atoms with E-state index in [-0.39, 0.29) is 5.97 Å². The summed E-state index contributed by atoms with van der Waals surface area (Å²) >= 11 is 6.35. The molecule has 0 bridgehead atoms.